The Labute approximate surface area is 265 Å². The molecule has 1 aliphatic rings. The van der Waals surface area contributed by atoms with Crippen LogP contribution in [0, 0.1) is 0 Å². The molecular weight excluding hydrogens is 580 g/mol. The van der Waals surface area contributed by atoms with Crippen LogP contribution >= 0.6 is 0 Å². The summed E-state index contributed by atoms with van der Waals surface area (Å²) in [6.07, 6.45) is 4.95. The van der Waals surface area contributed by atoms with Crippen molar-refractivity contribution >= 4 is 50.7 Å². The number of carbonyl (C=O) groups is 2. The van der Waals surface area contributed by atoms with Gasteiger partial charge in [-0.3, -0.25) is 9.59 Å². The number of amides is 2. The minimum Gasteiger partial charge on any atom is -0.395 e. The molecule has 1 fully saturated rings. The number of carbonyl (C=O) groups excluding carboxylic acids is 2. The number of aromatic nitrogens is 3. The Bertz CT molecular complexity index is 2020. The molecule has 2 aromatic heterocycles. The summed E-state index contributed by atoms with van der Waals surface area (Å²) in [6.45, 7) is 2.18. The van der Waals surface area contributed by atoms with Gasteiger partial charge >= 0.3 is 0 Å². The highest BCUT2D eigenvalue weighted by atomic mass is 16.3. The Kier molecular flexibility index (Phi) is 7.96. The van der Waals surface area contributed by atoms with Crippen molar-refractivity contribution in [3.05, 3.63) is 115 Å². The van der Waals surface area contributed by atoms with Crippen LogP contribution < -0.4 is 15.5 Å². The van der Waals surface area contributed by atoms with Crippen LogP contribution in [0.2, 0.25) is 0 Å². The van der Waals surface area contributed by atoms with E-state index in [9.17, 15) is 19.8 Å². The summed E-state index contributed by atoms with van der Waals surface area (Å²) in [5.74, 6) is -0.396. The number of hydrogen-bond donors (Lipinski definition) is 4. The number of rotatable bonds is 8. The third-order valence-electron chi connectivity index (χ3n) is 8.53. The number of piperidine rings is 1. The van der Waals surface area contributed by atoms with Crippen molar-refractivity contribution < 1.29 is 19.8 Å². The zero-order valence-corrected chi connectivity index (χ0v) is 25.1. The summed E-state index contributed by atoms with van der Waals surface area (Å²) < 4.78 is 3.77. The average Bonchev–Trinajstić information content (AvgIpc) is 3.69. The molecule has 0 unspecified atom stereocenters. The fourth-order valence-electron chi connectivity index (χ4n) is 6.00. The lowest BCUT2D eigenvalue weighted by atomic mass is 10.1. The molecule has 1 aliphatic heterocycles. The van der Waals surface area contributed by atoms with Gasteiger partial charge in [-0.2, -0.15) is 5.10 Å². The molecule has 6 aromatic rings. The predicted molar refractivity (Wildman–Crippen MR) is 180 cm³/mol. The minimum atomic E-state index is -0.225. The summed E-state index contributed by atoms with van der Waals surface area (Å²) in [5.41, 5.74) is 6.19. The normalized spacial score (nSPS) is 13.7. The lowest BCUT2D eigenvalue weighted by Gasteiger charge is -2.31. The molecule has 2 amide bonds. The highest BCUT2D eigenvalue weighted by molar-refractivity contribution is 6.06. The zero-order chi connectivity index (χ0) is 31.6. The summed E-state index contributed by atoms with van der Waals surface area (Å²) in [7, 11) is 0. The Hall–Kier alpha value is -5.45. The number of benzene rings is 4. The molecule has 0 saturated carbocycles. The standard InChI is InChI=1S/C36H34N6O4/c43-20-19-41-16-13-25-21-26(3-11-33(25)41)36(46)38-28-4-9-31(10-5-28)42-34-12-6-29(22-27(34)23-37-42)39-35(45)24-1-7-30(8-2-24)40-17-14-32(44)15-18-40/h1-13,16,21-23,32,43-44H,14-15,17-20H2,(H,38,46)(H,39,45). The van der Waals surface area contributed by atoms with E-state index in [0.29, 0.717) is 29.0 Å². The van der Waals surface area contributed by atoms with Crippen molar-refractivity contribution in [1.82, 2.24) is 14.3 Å². The molecule has 10 nitrogen and oxygen atoms in total. The van der Waals surface area contributed by atoms with Crippen LogP contribution in [0.25, 0.3) is 27.5 Å². The molecule has 46 heavy (non-hydrogen) atoms. The van der Waals surface area contributed by atoms with Crippen molar-refractivity contribution in [2.45, 2.75) is 25.5 Å². The first kappa shape index (κ1) is 29.3. The molecule has 0 radical (unpaired) electrons. The van der Waals surface area contributed by atoms with Crippen LogP contribution in [0.5, 0.6) is 0 Å². The van der Waals surface area contributed by atoms with Gasteiger partial charge in [-0.25, -0.2) is 4.68 Å². The Balaban J connectivity index is 0.998. The van der Waals surface area contributed by atoms with Crippen LogP contribution in [0.15, 0.2) is 103 Å². The van der Waals surface area contributed by atoms with Crippen molar-refractivity contribution in [1.29, 1.82) is 0 Å². The third-order valence-corrected chi connectivity index (χ3v) is 8.53. The number of aliphatic hydroxyl groups excluding tert-OH is 2. The molecule has 0 atom stereocenters. The van der Waals surface area contributed by atoms with Crippen LogP contribution in [0.3, 0.4) is 0 Å². The van der Waals surface area contributed by atoms with Crippen LogP contribution in [0.4, 0.5) is 17.1 Å². The predicted octanol–water partition coefficient (Wildman–Crippen LogP) is 5.44. The van der Waals surface area contributed by atoms with Gasteiger partial charge in [0, 0.05) is 70.3 Å². The van der Waals surface area contributed by atoms with E-state index < -0.39 is 0 Å². The highest BCUT2D eigenvalue weighted by Crippen LogP contribution is 2.25. The van der Waals surface area contributed by atoms with Crippen molar-refractivity contribution in [3.8, 4) is 5.69 Å². The van der Waals surface area contributed by atoms with E-state index in [0.717, 1.165) is 59.1 Å². The van der Waals surface area contributed by atoms with E-state index in [1.807, 2.05) is 100 Å². The lowest BCUT2D eigenvalue weighted by molar-refractivity contribution is 0.101. The van der Waals surface area contributed by atoms with E-state index in [1.165, 1.54) is 0 Å². The fraction of sp³-hybridized carbons (Fsp3) is 0.194. The molecule has 4 N–H and O–H groups in total. The van der Waals surface area contributed by atoms with E-state index in [1.54, 1.807) is 12.3 Å². The number of anilines is 3. The molecular formula is C36H34N6O4. The molecule has 10 heteroatoms. The van der Waals surface area contributed by atoms with Crippen LogP contribution in [-0.2, 0) is 6.54 Å². The molecule has 1 saturated heterocycles. The van der Waals surface area contributed by atoms with Gasteiger partial charge < -0.3 is 30.3 Å². The Morgan fingerprint density at radius 2 is 1.39 bits per heavy atom. The SMILES string of the molecule is O=C(Nc1ccc2c(cnn2-c2ccc(NC(=O)c3ccc4c(ccn4CCO)c3)cc2)c1)c1ccc(N2CCC(O)CC2)cc1. The Morgan fingerprint density at radius 1 is 0.739 bits per heavy atom. The first-order valence-corrected chi connectivity index (χ1v) is 15.4. The van der Waals surface area contributed by atoms with Gasteiger partial charge in [0.1, 0.15) is 0 Å². The molecule has 7 rings (SSSR count). The van der Waals surface area contributed by atoms with Gasteiger partial charge in [0.25, 0.3) is 11.8 Å². The van der Waals surface area contributed by atoms with Gasteiger partial charge in [-0.1, -0.05) is 0 Å². The second kappa shape index (κ2) is 12.5. The fourth-order valence-corrected chi connectivity index (χ4v) is 6.00. The molecule has 0 spiro atoms. The Morgan fingerprint density at radius 3 is 2.15 bits per heavy atom. The van der Waals surface area contributed by atoms with E-state index >= 15 is 0 Å². The van der Waals surface area contributed by atoms with E-state index in [-0.39, 0.29) is 24.5 Å². The first-order chi connectivity index (χ1) is 22.4. The number of nitrogens with one attached hydrogen (secondary N) is 2. The van der Waals surface area contributed by atoms with E-state index in [2.05, 4.69) is 20.6 Å². The monoisotopic (exact) mass is 614 g/mol. The minimum absolute atomic E-state index is 0.0545. The van der Waals surface area contributed by atoms with Gasteiger partial charge in [0.05, 0.1) is 30.1 Å². The first-order valence-electron chi connectivity index (χ1n) is 15.4. The smallest absolute Gasteiger partial charge is 0.255 e. The quantitative estimate of drug-likeness (QED) is 0.181. The van der Waals surface area contributed by atoms with Crippen LogP contribution in [-0.4, -0.2) is 62.2 Å². The molecule has 0 aliphatic carbocycles. The molecule has 232 valence electrons. The number of fused-ring (bicyclic) bond motifs is 2. The van der Waals surface area contributed by atoms with E-state index in [4.69, 9.17) is 0 Å². The van der Waals surface area contributed by atoms with Gasteiger partial charge in [-0.05, 0) is 104 Å². The van der Waals surface area contributed by atoms with Gasteiger partial charge in [-0.15, -0.1) is 0 Å². The third kappa shape index (κ3) is 5.95. The van der Waals surface area contributed by atoms with Crippen LogP contribution in [0.1, 0.15) is 33.6 Å². The molecule has 0 bridgehead atoms. The number of hydrogen-bond acceptors (Lipinski definition) is 6. The zero-order valence-electron chi connectivity index (χ0n) is 25.1. The second-order valence-electron chi connectivity index (χ2n) is 11.6. The summed E-state index contributed by atoms with van der Waals surface area (Å²) >= 11 is 0. The van der Waals surface area contributed by atoms with Crippen molar-refractivity contribution in [2.24, 2.45) is 0 Å². The van der Waals surface area contributed by atoms with Crippen molar-refractivity contribution in [2.75, 3.05) is 35.2 Å². The maximum Gasteiger partial charge on any atom is 0.255 e. The maximum absolute atomic E-state index is 13.0. The average molecular weight is 615 g/mol. The summed E-state index contributed by atoms with van der Waals surface area (Å²) in [5, 5.41) is 31.3. The molecule has 4 aromatic carbocycles. The highest BCUT2D eigenvalue weighted by Gasteiger charge is 2.18. The van der Waals surface area contributed by atoms with Gasteiger partial charge in [0.2, 0.25) is 0 Å². The van der Waals surface area contributed by atoms with Crippen molar-refractivity contribution in [3.63, 3.8) is 0 Å². The number of nitrogens with zero attached hydrogens (tertiary/aromatic N) is 4. The topological polar surface area (TPSA) is 125 Å². The summed E-state index contributed by atoms with van der Waals surface area (Å²) in [4.78, 5) is 28.2. The largest absolute Gasteiger partial charge is 0.395 e. The maximum atomic E-state index is 13.0. The summed E-state index contributed by atoms with van der Waals surface area (Å²) in [6, 6.07) is 28.2. The number of aliphatic hydroxyl groups is 2. The lowest BCUT2D eigenvalue weighted by Crippen LogP contribution is -2.35. The second-order valence-corrected chi connectivity index (χ2v) is 11.6. The molecule has 3 heterocycles. The van der Waals surface area contributed by atoms with Gasteiger partial charge in [0.15, 0.2) is 0 Å².